The van der Waals surface area contributed by atoms with Gasteiger partial charge in [-0.1, -0.05) is 6.92 Å². The van der Waals surface area contributed by atoms with Crippen LogP contribution in [0.1, 0.15) is 39.5 Å². The highest BCUT2D eigenvalue weighted by molar-refractivity contribution is 5.79. The molecule has 94 valence electrons. The van der Waals surface area contributed by atoms with Crippen LogP contribution in [0.2, 0.25) is 0 Å². The Morgan fingerprint density at radius 3 is 2.75 bits per heavy atom. The predicted molar refractivity (Wildman–Crippen MR) is 63.9 cm³/mol. The number of carbonyl (C=O) groups excluding carboxylic acids is 1. The van der Waals surface area contributed by atoms with E-state index in [-0.39, 0.29) is 11.8 Å². The van der Waals surface area contributed by atoms with Gasteiger partial charge in [0.1, 0.15) is 0 Å². The molecule has 0 aromatic rings. The lowest BCUT2D eigenvalue weighted by Gasteiger charge is -2.25. The number of likely N-dealkylation sites (tertiary alicyclic amines) is 1. The Hall–Kier alpha value is -0.610. The molecule has 0 spiro atoms. The van der Waals surface area contributed by atoms with Crippen LogP contribution in [-0.4, -0.2) is 41.1 Å². The molecule has 1 heterocycles. The van der Waals surface area contributed by atoms with Gasteiger partial charge in [0.25, 0.3) is 0 Å². The van der Waals surface area contributed by atoms with Crippen molar-refractivity contribution in [1.82, 2.24) is 4.90 Å². The van der Waals surface area contributed by atoms with Gasteiger partial charge in [0.05, 0.1) is 11.5 Å². The number of nitrogens with zero attached hydrogens (tertiary/aromatic N) is 1. The maximum absolute atomic E-state index is 12.1. The van der Waals surface area contributed by atoms with E-state index >= 15 is 0 Å². The molecule has 0 bridgehead atoms. The van der Waals surface area contributed by atoms with E-state index in [1.54, 1.807) is 0 Å². The van der Waals surface area contributed by atoms with Gasteiger partial charge in [-0.05, 0) is 32.6 Å². The van der Waals surface area contributed by atoms with Crippen LogP contribution in [0.25, 0.3) is 0 Å². The summed E-state index contributed by atoms with van der Waals surface area (Å²) in [5, 5.41) is 9.94. The largest absolute Gasteiger partial charge is 0.390 e. The van der Waals surface area contributed by atoms with Crippen LogP contribution in [0.4, 0.5) is 0 Å². The fourth-order valence-corrected chi connectivity index (χ4v) is 2.18. The number of hydrogen-bond acceptors (Lipinski definition) is 3. The first-order chi connectivity index (χ1) is 7.50. The zero-order chi connectivity index (χ0) is 12.2. The Morgan fingerprint density at radius 2 is 2.19 bits per heavy atom. The molecule has 16 heavy (non-hydrogen) atoms. The molecule has 0 aromatic heterocycles. The summed E-state index contributed by atoms with van der Waals surface area (Å²) in [6.45, 7) is 5.67. The van der Waals surface area contributed by atoms with Gasteiger partial charge in [-0.2, -0.15) is 0 Å². The lowest BCUT2D eigenvalue weighted by Crippen LogP contribution is -2.40. The first-order valence-electron chi connectivity index (χ1n) is 6.21. The Bertz CT molecular complexity index is 237. The summed E-state index contributed by atoms with van der Waals surface area (Å²) >= 11 is 0. The molecule has 0 aromatic carbocycles. The number of amides is 1. The Labute approximate surface area is 97.8 Å². The molecule has 4 nitrogen and oxygen atoms in total. The number of aliphatic hydroxyl groups is 1. The van der Waals surface area contributed by atoms with Crippen molar-refractivity contribution >= 4 is 5.91 Å². The first-order valence-corrected chi connectivity index (χ1v) is 6.21. The SMILES string of the molecule is CCC(CN)C(=O)N1CCCC(C)(O)CC1. The summed E-state index contributed by atoms with van der Waals surface area (Å²) in [5.41, 5.74) is 4.97. The minimum Gasteiger partial charge on any atom is -0.390 e. The van der Waals surface area contributed by atoms with Crippen LogP contribution in [0.5, 0.6) is 0 Å². The molecule has 1 rings (SSSR count). The van der Waals surface area contributed by atoms with Gasteiger partial charge >= 0.3 is 0 Å². The van der Waals surface area contributed by atoms with Gasteiger partial charge in [0, 0.05) is 19.6 Å². The van der Waals surface area contributed by atoms with Crippen LogP contribution in [0.3, 0.4) is 0 Å². The lowest BCUT2D eigenvalue weighted by molar-refractivity contribution is -0.135. The average molecular weight is 228 g/mol. The zero-order valence-electron chi connectivity index (χ0n) is 10.4. The zero-order valence-corrected chi connectivity index (χ0v) is 10.4. The first kappa shape index (κ1) is 13.5. The number of carbonyl (C=O) groups is 1. The van der Waals surface area contributed by atoms with Crippen LogP contribution >= 0.6 is 0 Å². The predicted octanol–water partition coefficient (Wildman–Crippen LogP) is 0.735. The Kier molecular flexibility index (Phi) is 4.74. The number of rotatable bonds is 3. The molecule has 2 atom stereocenters. The molecule has 2 unspecified atom stereocenters. The highest BCUT2D eigenvalue weighted by Gasteiger charge is 2.29. The van der Waals surface area contributed by atoms with Crippen molar-refractivity contribution < 1.29 is 9.90 Å². The van der Waals surface area contributed by atoms with E-state index in [1.807, 2.05) is 18.7 Å². The van der Waals surface area contributed by atoms with E-state index < -0.39 is 5.60 Å². The topological polar surface area (TPSA) is 66.6 Å². The number of nitrogens with two attached hydrogens (primary N) is 1. The van der Waals surface area contributed by atoms with Crippen molar-refractivity contribution in [3.63, 3.8) is 0 Å². The van der Waals surface area contributed by atoms with Crippen molar-refractivity contribution in [3.8, 4) is 0 Å². The fraction of sp³-hybridized carbons (Fsp3) is 0.917. The van der Waals surface area contributed by atoms with E-state index in [0.29, 0.717) is 19.5 Å². The van der Waals surface area contributed by atoms with Crippen LogP contribution < -0.4 is 5.73 Å². The van der Waals surface area contributed by atoms with Crippen LogP contribution in [-0.2, 0) is 4.79 Å². The fourth-order valence-electron chi connectivity index (χ4n) is 2.18. The van der Waals surface area contributed by atoms with Crippen LogP contribution in [0.15, 0.2) is 0 Å². The van der Waals surface area contributed by atoms with Gasteiger partial charge in [-0.25, -0.2) is 0 Å². The molecular formula is C12H24N2O2. The quantitative estimate of drug-likeness (QED) is 0.748. The maximum Gasteiger partial charge on any atom is 0.226 e. The molecular weight excluding hydrogens is 204 g/mol. The van der Waals surface area contributed by atoms with Gasteiger partial charge in [0.2, 0.25) is 5.91 Å². The molecule has 1 amide bonds. The maximum atomic E-state index is 12.1. The third-order valence-electron chi connectivity index (χ3n) is 3.50. The smallest absolute Gasteiger partial charge is 0.226 e. The molecule has 1 aliphatic rings. The molecule has 1 fully saturated rings. The third-order valence-corrected chi connectivity index (χ3v) is 3.50. The summed E-state index contributed by atoms with van der Waals surface area (Å²) in [5.74, 6) is 0.103. The lowest BCUT2D eigenvalue weighted by atomic mass is 9.98. The Balaban J connectivity index is 2.57. The molecule has 4 heteroatoms. The van der Waals surface area contributed by atoms with Crippen molar-refractivity contribution in [1.29, 1.82) is 0 Å². The summed E-state index contributed by atoms with van der Waals surface area (Å²) in [6.07, 6.45) is 3.11. The van der Waals surface area contributed by atoms with Gasteiger partial charge in [-0.15, -0.1) is 0 Å². The normalized spacial score (nSPS) is 28.6. The minimum atomic E-state index is -0.612. The van der Waals surface area contributed by atoms with E-state index in [9.17, 15) is 9.90 Å². The summed E-state index contributed by atoms with van der Waals surface area (Å²) in [6, 6.07) is 0. The molecule has 0 saturated carbocycles. The van der Waals surface area contributed by atoms with Gasteiger partial charge < -0.3 is 15.7 Å². The summed E-state index contributed by atoms with van der Waals surface area (Å²) < 4.78 is 0. The molecule has 1 saturated heterocycles. The van der Waals surface area contributed by atoms with E-state index in [0.717, 1.165) is 25.8 Å². The number of hydrogen-bond donors (Lipinski definition) is 2. The van der Waals surface area contributed by atoms with E-state index in [1.165, 1.54) is 0 Å². The highest BCUT2D eigenvalue weighted by Crippen LogP contribution is 2.22. The molecule has 0 radical (unpaired) electrons. The Morgan fingerprint density at radius 1 is 1.50 bits per heavy atom. The second kappa shape index (κ2) is 5.64. The molecule has 1 aliphatic heterocycles. The second-order valence-corrected chi connectivity index (χ2v) is 5.02. The van der Waals surface area contributed by atoms with Crippen molar-refractivity contribution in [2.24, 2.45) is 11.7 Å². The average Bonchev–Trinajstić information content (AvgIpc) is 2.41. The molecule has 3 N–H and O–H groups in total. The summed E-state index contributed by atoms with van der Waals surface area (Å²) in [7, 11) is 0. The van der Waals surface area contributed by atoms with Gasteiger partial charge in [0.15, 0.2) is 0 Å². The summed E-state index contributed by atoms with van der Waals surface area (Å²) in [4.78, 5) is 14.0. The molecule has 0 aliphatic carbocycles. The van der Waals surface area contributed by atoms with Crippen molar-refractivity contribution in [2.45, 2.75) is 45.1 Å². The van der Waals surface area contributed by atoms with Crippen molar-refractivity contribution in [2.75, 3.05) is 19.6 Å². The minimum absolute atomic E-state index is 0.0527. The van der Waals surface area contributed by atoms with Gasteiger partial charge in [-0.3, -0.25) is 4.79 Å². The third kappa shape index (κ3) is 3.46. The van der Waals surface area contributed by atoms with E-state index in [4.69, 9.17) is 5.73 Å². The second-order valence-electron chi connectivity index (χ2n) is 5.02. The van der Waals surface area contributed by atoms with E-state index in [2.05, 4.69) is 0 Å². The van der Waals surface area contributed by atoms with Crippen LogP contribution in [0, 0.1) is 5.92 Å². The standard InChI is InChI=1S/C12H24N2O2/c1-3-10(9-13)11(15)14-7-4-5-12(2,16)6-8-14/h10,16H,3-9,13H2,1-2H3. The highest BCUT2D eigenvalue weighted by atomic mass is 16.3. The van der Waals surface area contributed by atoms with Crippen molar-refractivity contribution in [3.05, 3.63) is 0 Å². The monoisotopic (exact) mass is 228 g/mol.